The van der Waals surface area contributed by atoms with Gasteiger partial charge in [-0.2, -0.15) is 0 Å². The van der Waals surface area contributed by atoms with Gasteiger partial charge in [-0.25, -0.2) is 0 Å². The molecule has 0 saturated heterocycles. The van der Waals surface area contributed by atoms with Crippen molar-refractivity contribution in [2.45, 2.75) is 13.0 Å². The molecule has 0 spiro atoms. The molecule has 5 heteroatoms. The minimum Gasteiger partial charge on any atom is -0.493 e. The molecule has 22 heavy (non-hydrogen) atoms. The number of hydrogen-bond acceptors (Lipinski definition) is 5. The van der Waals surface area contributed by atoms with Crippen LogP contribution in [-0.2, 0) is 0 Å². The maximum Gasteiger partial charge on any atom is 0.203 e. The predicted octanol–water partition coefficient (Wildman–Crippen LogP) is 3.01. The number of anilines is 1. The van der Waals surface area contributed by atoms with Crippen LogP contribution in [0, 0.1) is 0 Å². The van der Waals surface area contributed by atoms with E-state index in [4.69, 9.17) is 19.9 Å². The van der Waals surface area contributed by atoms with E-state index in [0.717, 1.165) is 16.7 Å². The van der Waals surface area contributed by atoms with E-state index in [-0.39, 0.29) is 0 Å². The van der Waals surface area contributed by atoms with Crippen LogP contribution in [0.1, 0.15) is 18.6 Å². The SMILES string of the molecule is COc1cc(-c2ccc(C(C)O)cc2N)cc(OC)c1OC. The first-order valence-corrected chi connectivity index (χ1v) is 6.89. The average molecular weight is 303 g/mol. The Morgan fingerprint density at radius 1 is 0.955 bits per heavy atom. The summed E-state index contributed by atoms with van der Waals surface area (Å²) in [4.78, 5) is 0. The zero-order chi connectivity index (χ0) is 16.3. The standard InChI is InChI=1S/C17H21NO4/c1-10(19)11-5-6-13(14(18)7-11)12-8-15(20-2)17(22-4)16(9-12)21-3/h5-10,19H,18H2,1-4H3. The lowest BCUT2D eigenvalue weighted by Gasteiger charge is -2.16. The first-order chi connectivity index (χ1) is 10.5. The number of nitrogens with two attached hydrogens (primary N) is 1. The highest BCUT2D eigenvalue weighted by atomic mass is 16.5. The van der Waals surface area contributed by atoms with Gasteiger partial charge in [0.15, 0.2) is 11.5 Å². The minimum atomic E-state index is -0.559. The fraction of sp³-hybridized carbons (Fsp3) is 0.294. The molecule has 2 aromatic rings. The van der Waals surface area contributed by atoms with Crippen LogP contribution < -0.4 is 19.9 Å². The van der Waals surface area contributed by atoms with E-state index < -0.39 is 6.10 Å². The number of ether oxygens (including phenoxy) is 3. The molecule has 1 atom stereocenters. The molecular formula is C17H21NO4. The van der Waals surface area contributed by atoms with Crippen molar-refractivity contribution >= 4 is 5.69 Å². The zero-order valence-corrected chi connectivity index (χ0v) is 13.2. The van der Waals surface area contributed by atoms with E-state index in [1.165, 1.54) is 0 Å². The Morgan fingerprint density at radius 2 is 1.55 bits per heavy atom. The predicted molar refractivity (Wildman–Crippen MR) is 86.6 cm³/mol. The van der Waals surface area contributed by atoms with E-state index in [9.17, 15) is 5.11 Å². The summed E-state index contributed by atoms with van der Waals surface area (Å²) in [6.45, 7) is 1.70. The van der Waals surface area contributed by atoms with Crippen molar-refractivity contribution in [1.29, 1.82) is 0 Å². The Bertz CT molecular complexity index is 643. The summed E-state index contributed by atoms with van der Waals surface area (Å²) in [5.74, 6) is 1.67. The van der Waals surface area contributed by atoms with E-state index in [2.05, 4.69) is 0 Å². The number of aliphatic hydroxyl groups excluding tert-OH is 1. The van der Waals surface area contributed by atoms with Gasteiger partial charge in [0.1, 0.15) is 0 Å². The normalized spacial score (nSPS) is 11.9. The maximum absolute atomic E-state index is 9.63. The highest BCUT2D eigenvalue weighted by Crippen LogP contribution is 2.42. The smallest absolute Gasteiger partial charge is 0.203 e. The van der Waals surface area contributed by atoms with Gasteiger partial charge in [0.25, 0.3) is 0 Å². The van der Waals surface area contributed by atoms with Gasteiger partial charge in [-0.05, 0) is 36.2 Å². The van der Waals surface area contributed by atoms with Crippen LogP contribution in [0.3, 0.4) is 0 Å². The quantitative estimate of drug-likeness (QED) is 0.831. The van der Waals surface area contributed by atoms with Gasteiger partial charge in [0.2, 0.25) is 5.75 Å². The Labute approximate surface area is 130 Å². The molecule has 0 radical (unpaired) electrons. The molecular weight excluding hydrogens is 282 g/mol. The Balaban J connectivity index is 2.57. The number of hydrogen-bond donors (Lipinski definition) is 2. The van der Waals surface area contributed by atoms with Crippen LogP contribution in [0.25, 0.3) is 11.1 Å². The Hall–Kier alpha value is -2.40. The molecule has 5 nitrogen and oxygen atoms in total. The van der Waals surface area contributed by atoms with E-state index in [1.807, 2.05) is 24.3 Å². The van der Waals surface area contributed by atoms with Crippen LogP contribution in [0.15, 0.2) is 30.3 Å². The van der Waals surface area contributed by atoms with Gasteiger partial charge in [-0.15, -0.1) is 0 Å². The van der Waals surface area contributed by atoms with Gasteiger partial charge in [0.05, 0.1) is 27.4 Å². The van der Waals surface area contributed by atoms with Gasteiger partial charge in [-0.3, -0.25) is 0 Å². The molecule has 2 aromatic carbocycles. The third kappa shape index (κ3) is 2.94. The summed E-state index contributed by atoms with van der Waals surface area (Å²) >= 11 is 0. The van der Waals surface area contributed by atoms with Crippen LogP contribution in [0.5, 0.6) is 17.2 Å². The van der Waals surface area contributed by atoms with Crippen molar-refractivity contribution < 1.29 is 19.3 Å². The second kappa shape index (κ2) is 6.58. The van der Waals surface area contributed by atoms with Gasteiger partial charge in [-0.1, -0.05) is 12.1 Å². The number of aliphatic hydroxyl groups is 1. The van der Waals surface area contributed by atoms with Gasteiger partial charge < -0.3 is 25.1 Å². The lowest BCUT2D eigenvalue weighted by Crippen LogP contribution is -1.98. The molecule has 0 heterocycles. The molecule has 2 rings (SSSR count). The fourth-order valence-electron chi connectivity index (χ4n) is 2.34. The molecule has 1 unspecified atom stereocenters. The summed E-state index contributed by atoms with van der Waals surface area (Å²) in [6.07, 6.45) is -0.559. The highest BCUT2D eigenvalue weighted by molar-refractivity contribution is 5.80. The lowest BCUT2D eigenvalue weighted by atomic mass is 9.99. The van der Waals surface area contributed by atoms with Crippen LogP contribution in [0.2, 0.25) is 0 Å². The van der Waals surface area contributed by atoms with E-state index in [1.54, 1.807) is 34.3 Å². The molecule has 118 valence electrons. The third-order valence-corrected chi connectivity index (χ3v) is 3.53. The number of nitrogen functional groups attached to an aromatic ring is 1. The molecule has 3 N–H and O–H groups in total. The second-order valence-corrected chi connectivity index (χ2v) is 4.94. The highest BCUT2D eigenvalue weighted by Gasteiger charge is 2.15. The zero-order valence-electron chi connectivity index (χ0n) is 13.2. The average Bonchev–Trinajstić information content (AvgIpc) is 2.53. The lowest BCUT2D eigenvalue weighted by molar-refractivity contribution is 0.199. The number of rotatable bonds is 5. The summed E-state index contributed by atoms with van der Waals surface area (Å²) in [6, 6.07) is 9.17. The molecule has 0 aliphatic carbocycles. The largest absolute Gasteiger partial charge is 0.493 e. The van der Waals surface area contributed by atoms with Crippen LogP contribution in [-0.4, -0.2) is 26.4 Å². The molecule has 0 fully saturated rings. The van der Waals surface area contributed by atoms with Crippen LogP contribution >= 0.6 is 0 Å². The number of methoxy groups -OCH3 is 3. The maximum atomic E-state index is 9.63. The van der Waals surface area contributed by atoms with Crippen molar-refractivity contribution in [2.75, 3.05) is 27.1 Å². The fourth-order valence-corrected chi connectivity index (χ4v) is 2.34. The minimum absolute atomic E-state index is 0.535. The Kier molecular flexibility index (Phi) is 4.78. The van der Waals surface area contributed by atoms with E-state index in [0.29, 0.717) is 22.9 Å². The first-order valence-electron chi connectivity index (χ1n) is 6.89. The van der Waals surface area contributed by atoms with E-state index >= 15 is 0 Å². The van der Waals surface area contributed by atoms with Gasteiger partial charge in [0, 0.05) is 11.3 Å². The van der Waals surface area contributed by atoms with Crippen molar-refractivity contribution in [3.05, 3.63) is 35.9 Å². The van der Waals surface area contributed by atoms with Crippen molar-refractivity contribution in [1.82, 2.24) is 0 Å². The van der Waals surface area contributed by atoms with Crippen molar-refractivity contribution in [3.8, 4) is 28.4 Å². The topological polar surface area (TPSA) is 73.9 Å². The Morgan fingerprint density at radius 3 is 1.95 bits per heavy atom. The number of benzene rings is 2. The first kappa shape index (κ1) is 16.0. The summed E-state index contributed by atoms with van der Waals surface area (Å²) < 4.78 is 16.0. The third-order valence-electron chi connectivity index (χ3n) is 3.53. The summed E-state index contributed by atoms with van der Waals surface area (Å²) in [7, 11) is 4.70. The molecule has 0 amide bonds. The molecule has 0 saturated carbocycles. The molecule has 0 aliphatic rings. The van der Waals surface area contributed by atoms with Crippen molar-refractivity contribution in [2.24, 2.45) is 0 Å². The molecule has 0 bridgehead atoms. The molecule has 0 aliphatic heterocycles. The van der Waals surface area contributed by atoms with Gasteiger partial charge >= 0.3 is 0 Å². The summed E-state index contributed by atoms with van der Waals surface area (Å²) in [5, 5.41) is 9.63. The van der Waals surface area contributed by atoms with Crippen molar-refractivity contribution in [3.63, 3.8) is 0 Å². The monoisotopic (exact) mass is 303 g/mol. The molecule has 0 aromatic heterocycles. The van der Waals surface area contributed by atoms with Crippen LogP contribution in [0.4, 0.5) is 5.69 Å². The second-order valence-electron chi connectivity index (χ2n) is 4.94. The summed E-state index contributed by atoms with van der Waals surface area (Å²) in [5.41, 5.74) is 9.16.